The molecule has 0 unspecified atom stereocenters. The molecule has 1 aromatic carbocycles. The maximum atomic E-state index is 14.9. The Hall–Kier alpha value is -3.84. The van der Waals surface area contributed by atoms with Gasteiger partial charge in [-0.25, -0.2) is 22.7 Å². The van der Waals surface area contributed by atoms with Crippen molar-refractivity contribution in [2.24, 2.45) is 0 Å². The number of fused-ring (bicyclic) bond motifs is 1. The molecular formula is C23H22F6N6O2. The van der Waals surface area contributed by atoms with Gasteiger partial charge in [0.2, 0.25) is 0 Å². The van der Waals surface area contributed by atoms with Gasteiger partial charge in [-0.1, -0.05) is 0 Å². The van der Waals surface area contributed by atoms with Crippen LogP contribution in [0, 0.1) is 12.7 Å². The number of benzene rings is 1. The molecule has 0 aliphatic carbocycles. The summed E-state index contributed by atoms with van der Waals surface area (Å²) in [6.45, 7) is 2.58. The topological polar surface area (TPSA) is 106 Å². The minimum atomic E-state index is -4.83. The largest absolute Gasteiger partial charge is 0.418 e. The van der Waals surface area contributed by atoms with E-state index in [9.17, 15) is 35.9 Å². The van der Waals surface area contributed by atoms with Crippen molar-refractivity contribution < 1.29 is 35.9 Å². The average Bonchev–Trinajstić information content (AvgIpc) is 3.36. The van der Waals surface area contributed by atoms with Crippen LogP contribution >= 0.6 is 0 Å². The molecule has 1 fully saturated rings. The highest BCUT2D eigenvalue weighted by Crippen LogP contribution is 2.39. The third-order valence-corrected chi connectivity index (χ3v) is 6.13. The second kappa shape index (κ2) is 8.92. The van der Waals surface area contributed by atoms with Crippen molar-refractivity contribution in [1.82, 2.24) is 24.8 Å². The number of halogens is 6. The molecule has 2 amide bonds. The van der Waals surface area contributed by atoms with E-state index in [1.807, 2.05) is 0 Å². The summed E-state index contributed by atoms with van der Waals surface area (Å²) in [6.07, 6.45) is -5.62. The maximum Gasteiger partial charge on any atom is 0.418 e. The number of alkyl halides is 5. The number of amides is 2. The molecule has 1 aliphatic heterocycles. The third kappa shape index (κ3) is 4.79. The molecule has 0 saturated carbocycles. The van der Waals surface area contributed by atoms with Crippen molar-refractivity contribution in [1.29, 1.82) is 0 Å². The van der Waals surface area contributed by atoms with E-state index in [-0.39, 0.29) is 28.9 Å². The molecule has 1 saturated heterocycles. The number of aromatic nitrogens is 3. The van der Waals surface area contributed by atoms with E-state index < -0.39 is 65.1 Å². The molecule has 3 heterocycles. The summed E-state index contributed by atoms with van der Waals surface area (Å²) in [7, 11) is 0. The van der Waals surface area contributed by atoms with Crippen LogP contribution in [0.1, 0.15) is 35.3 Å². The normalized spacial score (nSPS) is 18.5. The second-order valence-electron chi connectivity index (χ2n) is 9.26. The van der Waals surface area contributed by atoms with Crippen LogP contribution in [0.3, 0.4) is 0 Å². The number of rotatable bonds is 4. The van der Waals surface area contributed by atoms with Gasteiger partial charge in [0, 0.05) is 17.7 Å². The zero-order valence-corrected chi connectivity index (χ0v) is 19.8. The Labute approximate surface area is 206 Å². The van der Waals surface area contributed by atoms with Crippen LogP contribution in [0.2, 0.25) is 0 Å². The first kappa shape index (κ1) is 26.2. The SMILES string of the molecule is Cc1c(F)cc(-c2cc(C(F)(F)F)c3c(N)ncnn23)cc1C(=O)N[C@@H]1CN(C(=O)C(C)(C)F)C[C@@H]1F. The number of hydrogen-bond acceptors (Lipinski definition) is 5. The highest BCUT2D eigenvalue weighted by atomic mass is 19.4. The van der Waals surface area contributed by atoms with Crippen LogP contribution in [0.25, 0.3) is 16.8 Å². The van der Waals surface area contributed by atoms with Gasteiger partial charge in [-0.05, 0) is 44.5 Å². The van der Waals surface area contributed by atoms with Gasteiger partial charge in [0.05, 0.1) is 23.8 Å². The summed E-state index contributed by atoms with van der Waals surface area (Å²) >= 11 is 0. The number of nitrogens with one attached hydrogen (secondary N) is 1. The number of likely N-dealkylation sites (tertiary alicyclic amines) is 1. The van der Waals surface area contributed by atoms with Crippen LogP contribution in [0.4, 0.5) is 32.2 Å². The van der Waals surface area contributed by atoms with Gasteiger partial charge in [0.15, 0.2) is 11.5 Å². The quantitative estimate of drug-likeness (QED) is 0.505. The Kier molecular flexibility index (Phi) is 6.32. The zero-order chi connectivity index (χ0) is 27.4. The maximum absolute atomic E-state index is 14.9. The van der Waals surface area contributed by atoms with Crippen molar-refractivity contribution in [3.05, 3.63) is 47.0 Å². The van der Waals surface area contributed by atoms with Crippen LogP contribution in [-0.2, 0) is 11.0 Å². The van der Waals surface area contributed by atoms with Crippen molar-refractivity contribution in [3.63, 3.8) is 0 Å². The smallest absolute Gasteiger partial charge is 0.382 e. The molecule has 3 N–H and O–H groups in total. The van der Waals surface area contributed by atoms with Crippen molar-refractivity contribution in [3.8, 4) is 11.3 Å². The lowest BCUT2D eigenvalue weighted by atomic mass is 10.0. The van der Waals surface area contributed by atoms with Gasteiger partial charge in [0.1, 0.15) is 23.8 Å². The van der Waals surface area contributed by atoms with Gasteiger partial charge in [-0.3, -0.25) is 9.59 Å². The Morgan fingerprint density at radius 2 is 1.81 bits per heavy atom. The summed E-state index contributed by atoms with van der Waals surface area (Å²) in [5.74, 6) is -3.24. The van der Waals surface area contributed by atoms with E-state index >= 15 is 0 Å². The van der Waals surface area contributed by atoms with Crippen LogP contribution in [-0.4, -0.2) is 62.3 Å². The third-order valence-electron chi connectivity index (χ3n) is 6.13. The number of carbonyl (C=O) groups excluding carboxylic acids is 2. The molecule has 1 aliphatic rings. The zero-order valence-electron chi connectivity index (χ0n) is 19.8. The molecule has 3 aromatic rings. The fourth-order valence-electron chi connectivity index (χ4n) is 4.24. The number of nitrogens with two attached hydrogens (primary N) is 1. The summed E-state index contributed by atoms with van der Waals surface area (Å²) in [5.41, 5.74) is 0.955. The Bertz CT molecular complexity index is 1400. The average molecular weight is 528 g/mol. The van der Waals surface area contributed by atoms with Crippen molar-refractivity contribution in [2.45, 2.75) is 44.8 Å². The Morgan fingerprint density at radius 3 is 2.43 bits per heavy atom. The molecule has 2 atom stereocenters. The fraction of sp³-hybridized carbons (Fsp3) is 0.391. The highest BCUT2D eigenvalue weighted by Gasteiger charge is 2.42. The number of nitrogens with zero attached hydrogens (tertiary/aromatic N) is 4. The Balaban J connectivity index is 1.70. The predicted octanol–water partition coefficient (Wildman–Crippen LogP) is 3.47. The molecule has 0 radical (unpaired) electrons. The van der Waals surface area contributed by atoms with E-state index in [0.29, 0.717) is 6.07 Å². The summed E-state index contributed by atoms with van der Waals surface area (Å²) in [6, 6.07) is 1.58. The predicted molar refractivity (Wildman–Crippen MR) is 120 cm³/mol. The van der Waals surface area contributed by atoms with Crippen LogP contribution in [0.5, 0.6) is 0 Å². The lowest BCUT2D eigenvalue weighted by Gasteiger charge is -2.22. The van der Waals surface area contributed by atoms with E-state index in [2.05, 4.69) is 15.4 Å². The fourth-order valence-corrected chi connectivity index (χ4v) is 4.24. The first-order valence-electron chi connectivity index (χ1n) is 11.0. The van der Waals surface area contributed by atoms with Gasteiger partial charge in [-0.2, -0.15) is 18.3 Å². The number of nitrogen functional groups attached to an aromatic ring is 1. The van der Waals surface area contributed by atoms with Gasteiger partial charge >= 0.3 is 6.18 Å². The molecule has 37 heavy (non-hydrogen) atoms. The van der Waals surface area contributed by atoms with Gasteiger partial charge < -0.3 is 16.0 Å². The summed E-state index contributed by atoms with van der Waals surface area (Å²) in [5, 5.41) is 6.18. The van der Waals surface area contributed by atoms with E-state index in [0.717, 1.165) is 41.7 Å². The molecule has 8 nitrogen and oxygen atoms in total. The summed E-state index contributed by atoms with van der Waals surface area (Å²) < 4.78 is 85.2. The molecule has 0 spiro atoms. The molecule has 2 aromatic heterocycles. The van der Waals surface area contributed by atoms with E-state index in [1.165, 1.54) is 6.92 Å². The molecule has 4 rings (SSSR count). The monoisotopic (exact) mass is 528 g/mol. The lowest BCUT2D eigenvalue weighted by molar-refractivity contribution is -0.141. The molecular weight excluding hydrogens is 506 g/mol. The van der Waals surface area contributed by atoms with Crippen LogP contribution in [0.15, 0.2) is 24.5 Å². The lowest BCUT2D eigenvalue weighted by Crippen LogP contribution is -2.44. The molecule has 198 valence electrons. The standard InChI is InChI=1S/C23H22F6N6O2/c1-10-12(20(36)33-16-8-34(7-15(16)25)21(37)22(2,3)26)4-11(5-14(10)24)17-6-13(23(27,28)29)18-19(30)31-9-32-35(17)18/h4-6,9,15-16H,7-8H2,1-3H3,(H,33,36)(H2,30,31,32)/t15-,16+/m0/s1. The molecule has 14 heteroatoms. The number of hydrogen-bond donors (Lipinski definition) is 2. The minimum absolute atomic E-state index is 0.129. The number of anilines is 1. The first-order valence-corrected chi connectivity index (χ1v) is 11.0. The number of carbonyl (C=O) groups is 2. The van der Waals surface area contributed by atoms with E-state index in [4.69, 9.17) is 5.73 Å². The van der Waals surface area contributed by atoms with Gasteiger partial charge in [0.25, 0.3) is 11.8 Å². The van der Waals surface area contributed by atoms with Crippen LogP contribution < -0.4 is 11.1 Å². The second-order valence-corrected chi connectivity index (χ2v) is 9.26. The molecule has 0 bridgehead atoms. The van der Waals surface area contributed by atoms with Gasteiger partial charge in [-0.15, -0.1) is 0 Å². The van der Waals surface area contributed by atoms with Crippen molar-refractivity contribution >= 4 is 23.1 Å². The van der Waals surface area contributed by atoms with E-state index in [1.54, 1.807) is 0 Å². The first-order chi connectivity index (χ1) is 17.1. The van der Waals surface area contributed by atoms with Crippen molar-refractivity contribution in [2.75, 3.05) is 18.8 Å². The Morgan fingerprint density at radius 1 is 1.14 bits per heavy atom. The highest BCUT2D eigenvalue weighted by molar-refractivity contribution is 5.97. The minimum Gasteiger partial charge on any atom is -0.382 e. The summed E-state index contributed by atoms with van der Waals surface area (Å²) in [4.78, 5) is 29.7.